The molecular weight excluding hydrogens is 458 g/mol. The summed E-state index contributed by atoms with van der Waals surface area (Å²) in [6, 6.07) is 15.5. The Hall–Kier alpha value is -3.30. The van der Waals surface area contributed by atoms with Gasteiger partial charge in [-0.05, 0) is 42.8 Å². The van der Waals surface area contributed by atoms with Crippen LogP contribution in [-0.2, 0) is 16.4 Å². The molecule has 2 aromatic carbocycles. The van der Waals surface area contributed by atoms with Gasteiger partial charge in [0, 0.05) is 6.20 Å². The predicted octanol–water partition coefficient (Wildman–Crippen LogP) is 4.65. The number of thiazole rings is 1. The summed E-state index contributed by atoms with van der Waals surface area (Å²) in [5.74, 6) is 0.0518. The summed E-state index contributed by atoms with van der Waals surface area (Å²) in [6.07, 6.45) is 1.65. The van der Waals surface area contributed by atoms with Crippen LogP contribution >= 0.6 is 11.3 Å². The molecule has 33 heavy (non-hydrogen) atoms. The van der Waals surface area contributed by atoms with Crippen molar-refractivity contribution in [2.45, 2.75) is 25.3 Å². The minimum Gasteiger partial charge on any atom is -0.494 e. The minimum atomic E-state index is -3.60. The maximum atomic E-state index is 13.8. The van der Waals surface area contributed by atoms with Gasteiger partial charge in [0.25, 0.3) is 5.91 Å². The topological polar surface area (TPSA) is 89.5 Å². The zero-order valence-corrected chi connectivity index (χ0v) is 20.1. The molecule has 1 amide bonds. The zero-order chi connectivity index (χ0) is 23.6. The first-order chi connectivity index (χ1) is 15.9. The number of rotatable bonds is 7. The summed E-state index contributed by atoms with van der Waals surface area (Å²) < 4.78 is 31.8. The van der Waals surface area contributed by atoms with Crippen LogP contribution in [0.4, 0.5) is 5.13 Å². The number of ether oxygens (including phenoxy) is 1. The molecule has 0 spiro atoms. The van der Waals surface area contributed by atoms with Crippen molar-refractivity contribution in [2.24, 2.45) is 0 Å². The second-order valence-electron chi connectivity index (χ2n) is 7.37. The fourth-order valence-corrected chi connectivity index (χ4v) is 5.61. The van der Waals surface area contributed by atoms with Crippen LogP contribution in [0, 0.1) is 6.92 Å². The molecule has 4 rings (SSSR count). The summed E-state index contributed by atoms with van der Waals surface area (Å²) in [5.41, 5.74) is 2.43. The number of methoxy groups -OCH3 is 1. The van der Waals surface area contributed by atoms with Gasteiger partial charge in [-0.1, -0.05) is 42.5 Å². The van der Waals surface area contributed by atoms with E-state index in [0.29, 0.717) is 22.1 Å². The number of nitrogens with zero attached hydrogens (tertiary/aromatic N) is 3. The highest BCUT2D eigenvalue weighted by atomic mass is 32.2. The van der Waals surface area contributed by atoms with Crippen molar-refractivity contribution in [1.29, 1.82) is 0 Å². The van der Waals surface area contributed by atoms with Gasteiger partial charge < -0.3 is 4.74 Å². The Kier molecular flexibility index (Phi) is 6.44. The first-order valence-electron chi connectivity index (χ1n) is 10.3. The molecule has 2 aromatic heterocycles. The molecule has 0 bridgehead atoms. The average Bonchev–Trinajstić information content (AvgIpc) is 3.29. The highest BCUT2D eigenvalue weighted by Crippen LogP contribution is 2.37. The van der Waals surface area contributed by atoms with Crippen LogP contribution in [0.25, 0.3) is 10.2 Å². The molecule has 0 N–H and O–H groups in total. The van der Waals surface area contributed by atoms with E-state index in [2.05, 4.69) is 4.98 Å². The quantitative estimate of drug-likeness (QED) is 0.382. The number of hydrogen-bond donors (Lipinski definition) is 0. The van der Waals surface area contributed by atoms with Crippen molar-refractivity contribution in [3.63, 3.8) is 0 Å². The van der Waals surface area contributed by atoms with E-state index >= 15 is 0 Å². The Labute approximate surface area is 196 Å². The molecule has 170 valence electrons. The van der Waals surface area contributed by atoms with Gasteiger partial charge >= 0.3 is 0 Å². The number of sulfone groups is 1. The van der Waals surface area contributed by atoms with Crippen LogP contribution < -0.4 is 9.64 Å². The first kappa shape index (κ1) is 22.9. The van der Waals surface area contributed by atoms with Crippen LogP contribution in [0.1, 0.15) is 28.5 Å². The molecule has 4 aromatic rings. The van der Waals surface area contributed by atoms with E-state index in [-0.39, 0.29) is 22.8 Å². The number of benzene rings is 2. The predicted molar refractivity (Wildman–Crippen MR) is 130 cm³/mol. The van der Waals surface area contributed by atoms with E-state index in [9.17, 15) is 13.2 Å². The van der Waals surface area contributed by atoms with Crippen LogP contribution in [0.15, 0.2) is 65.7 Å². The van der Waals surface area contributed by atoms with E-state index in [1.807, 2.05) is 31.2 Å². The lowest BCUT2D eigenvalue weighted by Crippen LogP contribution is -2.32. The number of aromatic nitrogens is 2. The van der Waals surface area contributed by atoms with Crippen molar-refractivity contribution < 1.29 is 17.9 Å². The summed E-state index contributed by atoms with van der Waals surface area (Å²) in [4.78, 5) is 24.4. The standard InChI is InChI=1S/C24H23N3O4S2/c1-4-33(29,30)20-11-6-5-10-18(20)23(28)27(15-17-9-7-8-14-25-17)24-26-21-19(31-3)13-12-16(2)22(21)32-24/h5-14H,4,15H2,1-3H3. The number of fused-ring (bicyclic) bond motifs is 1. The number of pyridine rings is 1. The SMILES string of the molecule is CCS(=O)(=O)c1ccccc1C(=O)N(Cc1ccccn1)c1nc2c(OC)ccc(C)c2s1. The van der Waals surface area contributed by atoms with E-state index in [1.165, 1.54) is 28.4 Å². The van der Waals surface area contributed by atoms with Crippen LogP contribution in [-0.4, -0.2) is 37.2 Å². The Morgan fingerprint density at radius 3 is 2.55 bits per heavy atom. The summed E-state index contributed by atoms with van der Waals surface area (Å²) in [7, 11) is -2.03. The largest absolute Gasteiger partial charge is 0.494 e. The molecule has 0 saturated heterocycles. The van der Waals surface area contributed by atoms with Gasteiger partial charge in [-0.3, -0.25) is 14.7 Å². The fourth-order valence-electron chi connectivity index (χ4n) is 3.47. The van der Waals surface area contributed by atoms with Gasteiger partial charge in [0.2, 0.25) is 0 Å². The van der Waals surface area contributed by atoms with E-state index < -0.39 is 15.7 Å². The van der Waals surface area contributed by atoms with Crippen molar-refractivity contribution in [1.82, 2.24) is 9.97 Å². The van der Waals surface area contributed by atoms with E-state index in [0.717, 1.165) is 10.3 Å². The molecule has 0 atom stereocenters. The van der Waals surface area contributed by atoms with Crippen LogP contribution in [0.5, 0.6) is 5.75 Å². The summed E-state index contributed by atoms with van der Waals surface area (Å²) in [5, 5.41) is 0.442. The zero-order valence-electron chi connectivity index (χ0n) is 18.5. The number of aryl methyl sites for hydroxylation is 1. The highest BCUT2D eigenvalue weighted by molar-refractivity contribution is 7.91. The molecule has 0 radical (unpaired) electrons. The average molecular weight is 482 g/mol. The Morgan fingerprint density at radius 2 is 1.85 bits per heavy atom. The maximum absolute atomic E-state index is 13.8. The lowest BCUT2D eigenvalue weighted by atomic mass is 10.2. The molecule has 2 heterocycles. The lowest BCUT2D eigenvalue weighted by molar-refractivity contribution is 0.0981. The first-order valence-corrected chi connectivity index (χ1v) is 12.8. The number of carbonyl (C=O) groups excluding carboxylic acids is 1. The second kappa shape index (κ2) is 9.29. The van der Waals surface area contributed by atoms with E-state index in [1.54, 1.807) is 38.4 Å². The Bertz CT molecular complexity index is 1420. The minimum absolute atomic E-state index is 0.0124. The third-order valence-electron chi connectivity index (χ3n) is 5.27. The Morgan fingerprint density at radius 1 is 1.09 bits per heavy atom. The van der Waals surface area contributed by atoms with Crippen molar-refractivity contribution in [3.8, 4) is 5.75 Å². The maximum Gasteiger partial charge on any atom is 0.261 e. The normalized spacial score (nSPS) is 11.5. The van der Waals surface area contributed by atoms with Gasteiger partial charge in [0.15, 0.2) is 15.0 Å². The van der Waals surface area contributed by atoms with Gasteiger partial charge in [-0.25, -0.2) is 13.4 Å². The molecule has 0 aliphatic rings. The van der Waals surface area contributed by atoms with Gasteiger partial charge in [-0.15, -0.1) is 0 Å². The number of carbonyl (C=O) groups is 1. The molecule has 0 fully saturated rings. The summed E-state index contributed by atoms with van der Waals surface area (Å²) in [6.45, 7) is 3.67. The summed E-state index contributed by atoms with van der Waals surface area (Å²) >= 11 is 1.36. The highest BCUT2D eigenvalue weighted by Gasteiger charge is 2.28. The molecule has 0 unspecified atom stereocenters. The number of amides is 1. The van der Waals surface area contributed by atoms with Crippen molar-refractivity contribution in [3.05, 3.63) is 77.6 Å². The van der Waals surface area contributed by atoms with Crippen LogP contribution in [0.2, 0.25) is 0 Å². The monoisotopic (exact) mass is 481 g/mol. The Balaban J connectivity index is 1.88. The molecular formula is C24H23N3O4S2. The smallest absolute Gasteiger partial charge is 0.261 e. The van der Waals surface area contributed by atoms with Crippen LogP contribution in [0.3, 0.4) is 0 Å². The molecule has 0 aliphatic heterocycles. The molecule has 9 heteroatoms. The second-order valence-corrected chi connectivity index (χ2v) is 10.6. The molecule has 0 aliphatic carbocycles. The van der Waals surface area contributed by atoms with Crippen molar-refractivity contribution >= 4 is 42.4 Å². The number of anilines is 1. The van der Waals surface area contributed by atoms with Gasteiger partial charge in [0.1, 0.15) is 11.3 Å². The fraction of sp³-hybridized carbons (Fsp3) is 0.208. The molecule has 0 saturated carbocycles. The van der Waals surface area contributed by atoms with Gasteiger partial charge in [0.05, 0.1) is 40.3 Å². The number of hydrogen-bond acceptors (Lipinski definition) is 7. The lowest BCUT2D eigenvalue weighted by Gasteiger charge is -2.21. The van der Waals surface area contributed by atoms with E-state index in [4.69, 9.17) is 9.72 Å². The third kappa shape index (κ3) is 4.46. The van der Waals surface area contributed by atoms with Gasteiger partial charge in [-0.2, -0.15) is 0 Å². The molecule has 7 nitrogen and oxygen atoms in total. The van der Waals surface area contributed by atoms with Crippen molar-refractivity contribution in [2.75, 3.05) is 17.8 Å². The third-order valence-corrected chi connectivity index (χ3v) is 8.27.